The molecule has 102 valence electrons. The molecule has 2 rings (SSSR count). The average molecular weight is 270 g/mol. The van der Waals surface area contributed by atoms with Gasteiger partial charge in [-0.2, -0.15) is 0 Å². The summed E-state index contributed by atoms with van der Waals surface area (Å²) in [5.74, 6) is -0.359. The number of nitrogens with one attached hydrogen (secondary N) is 1. The highest BCUT2D eigenvalue weighted by atomic mass is 16.3. The van der Waals surface area contributed by atoms with Crippen LogP contribution in [0, 0.1) is 6.92 Å². The number of allylic oxidation sites excluding steroid dienone is 4. The molecule has 0 unspecified atom stereocenters. The minimum Gasteiger partial charge on any atom is -0.506 e. The number of rotatable bonds is 2. The lowest BCUT2D eigenvalue weighted by atomic mass is 10.1. The summed E-state index contributed by atoms with van der Waals surface area (Å²) in [4.78, 5) is 26.5. The number of aliphatic imine (C=N–C) groups is 1. The van der Waals surface area contributed by atoms with E-state index in [4.69, 9.17) is 0 Å². The number of hydrogen-bond acceptors (Lipinski definition) is 4. The lowest BCUT2D eigenvalue weighted by molar-refractivity contribution is -0.114. The number of phenolic OH excluding ortho intramolecular Hbond substituents is 1. The van der Waals surface area contributed by atoms with E-state index in [1.54, 1.807) is 25.1 Å². The quantitative estimate of drug-likeness (QED) is 0.640. The van der Waals surface area contributed by atoms with Gasteiger partial charge in [0, 0.05) is 6.92 Å². The van der Waals surface area contributed by atoms with E-state index >= 15 is 0 Å². The third kappa shape index (κ3) is 3.20. The Hall–Kier alpha value is -2.69. The first-order valence-electron chi connectivity index (χ1n) is 6.06. The zero-order chi connectivity index (χ0) is 14.7. The molecule has 0 heterocycles. The molecular formula is C15H14N2O3. The van der Waals surface area contributed by atoms with Crippen molar-refractivity contribution in [2.45, 2.75) is 13.8 Å². The molecule has 1 aromatic carbocycles. The highest BCUT2D eigenvalue weighted by Gasteiger charge is 2.08. The van der Waals surface area contributed by atoms with Crippen molar-refractivity contribution in [2.24, 2.45) is 4.99 Å². The van der Waals surface area contributed by atoms with Crippen LogP contribution in [0.3, 0.4) is 0 Å². The fourth-order valence-corrected chi connectivity index (χ4v) is 1.75. The molecule has 0 atom stereocenters. The monoisotopic (exact) mass is 270 g/mol. The van der Waals surface area contributed by atoms with Gasteiger partial charge in [-0.25, -0.2) is 4.99 Å². The lowest BCUT2D eigenvalue weighted by Crippen LogP contribution is -2.06. The second kappa shape index (κ2) is 5.52. The van der Waals surface area contributed by atoms with Crippen molar-refractivity contribution in [3.8, 4) is 5.75 Å². The number of benzene rings is 1. The van der Waals surface area contributed by atoms with Crippen LogP contribution in [-0.4, -0.2) is 22.5 Å². The van der Waals surface area contributed by atoms with Gasteiger partial charge in [-0.3, -0.25) is 9.59 Å². The third-order valence-electron chi connectivity index (χ3n) is 2.71. The summed E-state index contributed by atoms with van der Waals surface area (Å²) in [5, 5.41) is 12.3. The molecule has 5 heteroatoms. The summed E-state index contributed by atoms with van der Waals surface area (Å²) < 4.78 is 0. The van der Waals surface area contributed by atoms with Crippen LogP contribution in [0.15, 0.2) is 41.4 Å². The predicted molar refractivity (Wildman–Crippen MR) is 77.5 cm³/mol. The molecular weight excluding hydrogens is 256 g/mol. The van der Waals surface area contributed by atoms with Crippen LogP contribution in [0.1, 0.15) is 12.5 Å². The highest BCUT2D eigenvalue weighted by molar-refractivity contribution is 6.17. The molecule has 20 heavy (non-hydrogen) atoms. The van der Waals surface area contributed by atoms with Gasteiger partial charge in [-0.15, -0.1) is 0 Å². The highest BCUT2D eigenvalue weighted by Crippen LogP contribution is 2.32. The Morgan fingerprint density at radius 2 is 1.85 bits per heavy atom. The predicted octanol–water partition coefficient (Wildman–Crippen LogP) is 2.43. The van der Waals surface area contributed by atoms with Crippen molar-refractivity contribution in [2.75, 3.05) is 5.32 Å². The number of hydrogen-bond donors (Lipinski definition) is 2. The summed E-state index contributed by atoms with van der Waals surface area (Å²) in [5.41, 5.74) is 2.32. The van der Waals surface area contributed by atoms with Crippen molar-refractivity contribution >= 4 is 28.8 Å². The van der Waals surface area contributed by atoms with E-state index in [0.29, 0.717) is 17.1 Å². The number of amides is 1. The largest absolute Gasteiger partial charge is 0.506 e. The topological polar surface area (TPSA) is 78.8 Å². The normalized spacial score (nSPS) is 13.5. The van der Waals surface area contributed by atoms with Crippen molar-refractivity contribution in [3.05, 3.63) is 42.0 Å². The number of carbonyl (C=O) groups is 2. The maximum Gasteiger partial charge on any atom is 0.221 e. The van der Waals surface area contributed by atoms with Gasteiger partial charge in [0.25, 0.3) is 0 Å². The van der Waals surface area contributed by atoms with Crippen LogP contribution in [0.25, 0.3) is 0 Å². The smallest absolute Gasteiger partial charge is 0.221 e. The standard InChI is InChI=1S/C15H14N2O3/c1-9-7-15(20)14(16-10(2)18)8-13(9)17-11-3-5-12(19)6-4-11/h3-8,20H,1-2H3,(H,16,18). The van der Waals surface area contributed by atoms with Gasteiger partial charge in [0.2, 0.25) is 5.91 Å². The van der Waals surface area contributed by atoms with Gasteiger partial charge in [0.1, 0.15) is 5.75 Å². The number of ketones is 1. The van der Waals surface area contributed by atoms with Crippen molar-refractivity contribution in [1.29, 1.82) is 0 Å². The number of carbonyl (C=O) groups excluding carboxylic acids is 2. The summed E-state index contributed by atoms with van der Waals surface area (Å²) in [6.07, 6.45) is 6.10. The zero-order valence-corrected chi connectivity index (χ0v) is 11.2. The zero-order valence-electron chi connectivity index (χ0n) is 11.2. The second-order valence-corrected chi connectivity index (χ2v) is 4.44. The molecule has 1 aliphatic carbocycles. The number of nitrogens with zero attached hydrogens (tertiary/aromatic N) is 1. The summed E-state index contributed by atoms with van der Waals surface area (Å²) in [6, 6.07) is 3.13. The summed E-state index contributed by atoms with van der Waals surface area (Å²) >= 11 is 0. The molecule has 5 nitrogen and oxygen atoms in total. The minimum atomic E-state index is -0.272. The summed E-state index contributed by atoms with van der Waals surface area (Å²) in [6.45, 7) is 3.17. The fourth-order valence-electron chi connectivity index (χ4n) is 1.75. The minimum absolute atomic E-state index is 0.00782. The Bertz CT molecular complexity index is 652. The second-order valence-electron chi connectivity index (χ2n) is 4.44. The maximum absolute atomic E-state index is 11.1. The first-order valence-corrected chi connectivity index (χ1v) is 6.06. The third-order valence-corrected chi connectivity index (χ3v) is 2.71. The molecule has 0 saturated heterocycles. The molecule has 0 aromatic heterocycles. The van der Waals surface area contributed by atoms with E-state index in [-0.39, 0.29) is 17.4 Å². The van der Waals surface area contributed by atoms with Crippen LogP contribution in [0.2, 0.25) is 0 Å². The van der Waals surface area contributed by atoms with E-state index in [1.807, 2.05) is 0 Å². The number of anilines is 1. The Morgan fingerprint density at radius 3 is 2.45 bits per heavy atom. The van der Waals surface area contributed by atoms with Gasteiger partial charge in [0.15, 0.2) is 5.78 Å². The van der Waals surface area contributed by atoms with Crippen molar-refractivity contribution in [3.63, 3.8) is 0 Å². The van der Waals surface area contributed by atoms with Crippen molar-refractivity contribution in [1.82, 2.24) is 0 Å². The first kappa shape index (κ1) is 13.7. The average Bonchev–Trinajstić information content (AvgIpc) is 2.37. The Morgan fingerprint density at radius 1 is 1.20 bits per heavy atom. The van der Waals surface area contributed by atoms with Crippen molar-refractivity contribution < 1.29 is 14.7 Å². The van der Waals surface area contributed by atoms with Gasteiger partial charge in [-0.05, 0) is 48.9 Å². The van der Waals surface area contributed by atoms with E-state index in [9.17, 15) is 14.7 Å². The molecule has 2 N–H and O–H groups in total. The molecule has 1 aliphatic rings. The van der Waals surface area contributed by atoms with Gasteiger partial charge < -0.3 is 10.4 Å². The van der Waals surface area contributed by atoms with E-state index in [0.717, 1.165) is 5.56 Å². The molecule has 0 bridgehead atoms. The van der Waals surface area contributed by atoms with Crippen LogP contribution in [-0.2, 0) is 9.59 Å². The molecule has 1 amide bonds. The lowest BCUT2D eigenvalue weighted by Gasteiger charge is -2.09. The first-order chi connectivity index (χ1) is 9.45. The SMILES string of the molecule is CC(=O)Nc1cc(N=C2C=CC(=O)C=C2)c(C)cc1O. The van der Waals surface area contributed by atoms with Crippen LogP contribution in [0.4, 0.5) is 11.4 Å². The molecule has 0 radical (unpaired) electrons. The van der Waals surface area contributed by atoms with Gasteiger partial charge in [-0.1, -0.05) is 0 Å². The molecule has 0 spiro atoms. The van der Waals surface area contributed by atoms with E-state index < -0.39 is 0 Å². The Balaban J connectivity index is 2.39. The van der Waals surface area contributed by atoms with Gasteiger partial charge >= 0.3 is 0 Å². The number of aromatic hydroxyl groups is 1. The molecule has 0 aliphatic heterocycles. The summed E-state index contributed by atoms with van der Waals surface area (Å²) in [7, 11) is 0. The van der Waals surface area contributed by atoms with Crippen LogP contribution < -0.4 is 5.32 Å². The maximum atomic E-state index is 11.1. The van der Waals surface area contributed by atoms with Gasteiger partial charge in [0.05, 0.1) is 17.1 Å². The fraction of sp³-hybridized carbons (Fsp3) is 0.133. The van der Waals surface area contributed by atoms with Crippen LogP contribution >= 0.6 is 0 Å². The molecule has 1 aromatic rings. The Labute approximate surface area is 116 Å². The number of phenols is 1. The molecule has 0 fully saturated rings. The van der Waals surface area contributed by atoms with E-state index in [1.165, 1.54) is 25.1 Å². The van der Waals surface area contributed by atoms with Crippen LogP contribution in [0.5, 0.6) is 5.75 Å². The Kier molecular flexibility index (Phi) is 3.79. The van der Waals surface area contributed by atoms with E-state index in [2.05, 4.69) is 10.3 Å². The molecule has 0 saturated carbocycles. The number of aryl methyl sites for hydroxylation is 1.